The molecular formula is C27H43NO2. The van der Waals surface area contributed by atoms with Crippen LogP contribution in [0, 0.1) is 40.4 Å². The summed E-state index contributed by atoms with van der Waals surface area (Å²) in [5.41, 5.74) is 2.45. The fourth-order valence-corrected chi connectivity index (χ4v) is 9.14. The van der Waals surface area contributed by atoms with Crippen LogP contribution in [0.25, 0.3) is 0 Å². The minimum atomic E-state index is -0.100. The van der Waals surface area contributed by atoms with Crippen LogP contribution in [0.1, 0.15) is 85.0 Å². The summed E-state index contributed by atoms with van der Waals surface area (Å²) in [5, 5.41) is 10.2. The van der Waals surface area contributed by atoms with Gasteiger partial charge in [0.25, 0.3) is 0 Å². The molecule has 4 fully saturated rings. The van der Waals surface area contributed by atoms with E-state index < -0.39 is 0 Å². The van der Waals surface area contributed by atoms with Crippen molar-refractivity contribution in [3.8, 4) is 0 Å². The van der Waals surface area contributed by atoms with Crippen LogP contribution in [-0.2, 0) is 4.79 Å². The van der Waals surface area contributed by atoms with Gasteiger partial charge in [-0.3, -0.25) is 4.79 Å². The van der Waals surface area contributed by atoms with Gasteiger partial charge in [0.05, 0.1) is 6.10 Å². The van der Waals surface area contributed by atoms with Crippen LogP contribution in [0.4, 0.5) is 0 Å². The summed E-state index contributed by atoms with van der Waals surface area (Å²) in [6, 6.07) is 0. The number of hydrogen-bond donors (Lipinski definition) is 1. The van der Waals surface area contributed by atoms with E-state index in [0.29, 0.717) is 16.6 Å². The molecule has 30 heavy (non-hydrogen) atoms. The first-order valence-electron chi connectivity index (χ1n) is 12.9. The number of fused-ring (bicyclic) bond motifs is 5. The van der Waals surface area contributed by atoms with E-state index in [9.17, 15) is 9.90 Å². The van der Waals surface area contributed by atoms with Gasteiger partial charge >= 0.3 is 0 Å². The third-order valence-corrected chi connectivity index (χ3v) is 10.8. The number of ketones is 1. The van der Waals surface area contributed by atoms with Crippen molar-refractivity contribution in [2.24, 2.45) is 40.4 Å². The van der Waals surface area contributed by atoms with Crippen LogP contribution in [0.5, 0.6) is 0 Å². The number of likely N-dealkylation sites (tertiary alicyclic amines) is 1. The molecular weight excluding hydrogens is 370 g/mol. The molecule has 0 amide bonds. The number of nitrogens with zero attached hydrogens (tertiary/aromatic N) is 1. The normalized spacial score (nSPS) is 47.8. The Bertz CT molecular complexity index is 706. The Morgan fingerprint density at radius 1 is 1.10 bits per heavy atom. The summed E-state index contributed by atoms with van der Waals surface area (Å²) in [7, 11) is 0. The molecule has 0 aromatic carbocycles. The van der Waals surface area contributed by atoms with Crippen LogP contribution >= 0.6 is 0 Å². The summed E-state index contributed by atoms with van der Waals surface area (Å²) >= 11 is 0. The SMILES string of the molecule is C[C@H](CN1CCC(=O)CC1)[C@H]1CC[C@H]2[C@@H]3CC=C4CC(O)CC[C@]4(C)[C@H]3CC[C@]12C. The van der Waals surface area contributed by atoms with E-state index in [2.05, 4.69) is 31.7 Å². The van der Waals surface area contributed by atoms with Crippen molar-refractivity contribution in [1.82, 2.24) is 4.90 Å². The minimum Gasteiger partial charge on any atom is -0.393 e. The van der Waals surface area contributed by atoms with Gasteiger partial charge in [-0.1, -0.05) is 32.4 Å². The fraction of sp³-hybridized carbons (Fsp3) is 0.889. The Labute approximate surface area is 183 Å². The highest BCUT2D eigenvalue weighted by molar-refractivity contribution is 5.79. The summed E-state index contributed by atoms with van der Waals surface area (Å²) in [4.78, 5) is 14.2. The van der Waals surface area contributed by atoms with Gasteiger partial charge in [0, 0.05) is 32.5 Å². The highest BCUT2D eigenvalue weighted by Gasteiger charge is 2.59. The number of rotatable bonds is 3. The van der Waals surface area contributed by atoms with E-state index in [4.69, 9.17) is 0 Å². The average molecular weight is 414 g/mol. The maximum atomic E-state index is 11.6. The average Bonchev–Trinajstić information content (AvgIpc) is 3.07. The molecule has 1 heterocycles. The van der Waals surface area contributed by atoms with Crippen LogP contribution < -0.4 is 0 Å². The van der Waals surface area contributed by atoms with Crippen molar-refractivity contribution < 1.29 is 9.90 Å². The first kappa shape index (κ1) is 21.2. The molecule has 1 unspecified atom stereocenters. The van der Waals surface area contributed by atoms with E-state index in [1.54, 1.807) is 5.57 Å². The van der Waals surface area contributed by atoms with Crippen molar-refractivity contribution >= 4 is 5.78 Å². The van der Waals surface area contributed by atoms with Gasteiger partial charge in [-0.05, 0) is 91.8 Å². The summed E-state index contributed by atoms with van der Waals surface area (Å²) < 4.78 is 0. The van der Waals surface area contributed by atoms with Crippen molar-refractivity contribution in [3.05, 3.63) is 11.6 Å². The first-order chi connectivity index (χ1) is 14.3. The van der Waals surface area contributed by atoms with Crippen LogP contribution in [0.2, 0.25) is 0 Å². The molecule has 0 aromatic heterocycles. The molecule has 1 saturated heterocycles. The lowest BCUT2D eigenvalue weighted by atomic mass is 9.47. The Morgan fingerprint density at radius 3 is 2.63 bits per heavy atom. The van der Waals surface area contributed by atoms with E-state index in [-0.39, 0.29) is 6.10 Å². The number of carbonyl (C=O) groups is 1. The largest absolute Gasteiger partial charge is 0.393 e. The number of hydrogen-bond acceptors (Lipinski definition) is 3. The molecule has 0 aromatic rings. The van der Waals surface area contributed by atoms with Crippen molar-refractivity contribution in [2.75, 3.05) is 19.6 Å². The zero-order valence-electron chi connectivity index (χ0n) is 19.5. The second-order valence-electron chi connectivity index (χ2n) is 12.2. The number of Topliss-reactive ketones (excluding diaryl/α,β-unsaturated/α-hetero) is 1. The molecule has 3 saturated carbocycles. The Kier molecular flexibility index (Phi) is 5.46. The summed E-state index contributed by atoms with van der Waals surface area (Å²) in [6.45, 7) is 10.8. The lowest BCUT2D eigenvalue weighted by Crippen LogP contribution is -2.51. The number of aliphatic hydroxyl groups excluding tert-OH is 1. The van der Waals surface area contributed by atoms with E-state index in [0.717, 1.165) is 68.4 Å². The predicted molar refractivity (Wildman–Crippen MR) is 121 cm³/mol. The monoisotopic (exact) mass is 413 g/mol. The molecule has 0 spiro atoms. The topological polar surface area (TPSA) is 40.5 Å². The Hall–Kier alpha value is -0.670. The third kappa shape index (κ3) is 3.34. The molecule has 0 radical (unpaired) electrons. The zero-order valence-corrected chi connectivity index (χ0v) is 19.5. The maximum absolute atomic E-state index is 11.6. The lowest BCUT2D eigenvalue weighted by Gasteiger charge is -2.58. The van der Waals surface area contributed by atoms with Gasteiger partial charge in [-0.2, -0.15) is 0 Å². The van der Waals surface area contributed by atoms with Gasteiger partial charge in [0.15, 0.2) is 0 Å². The van der Waals surface area contributed by atoms with Crippen molar-refractivity contribution in [2.45, 2.75) is 91.1 Å². The van der Waals surface area contributed by atoms with Gasteiger partial charge < -0.3 is 10.0 Å². The standard InChI is InChI=1S/C27H43NO2/c1-18(17-28-14-10-20(29)11-15-28)23-6-7-24-22-5-4-19-16-21(30)8-12-26(19,2)25(22)9-13-27(23,24)3/h4,18,21-25,30H,5-17H2,1-3H3/t18-,21?,22+,23-,24+,25+,26+,27-/m1/s1. The molecule has 4 aliphatic carbocycles. The van der Waals surface area contributed by atoms with Crippen LogP contribution in [-0.4, -0.2) is 41.5 Å². The van der Waals surface area contributed by atoms with Crippen LogP contribution in [0.15, 0.2) is 11.6 Å². The Morgan fingerprint density at radius 2 is 1.87 bits per heavy atom. The molecule has 3 heteroatoms. The number of carbonyl (C=O) groups excluding carboxylic acids is 1. The second-order valence-corrected chi connectivity index (χ2v) is 12.2. The molecule has 168 valence electrons. The maximum Gasteiger partial charge on any atom is 0.135 e. The number of piperidine rings is 1. The molecule has 1 aliphatic heterocycles. The lowest BCUT2D eigenvalue weighted by molar-refractivity contribution is -0.121. The molecule has 8 atom stereocenters. The molecule has 5 aliphatic rings. The van der Waals surface area contributed by atoms with Crippen molar-refractivity contribution in [1.29, 1.82) is 0 Å². The molecule has 1 N–H and O–H groups in total. The molecule has 3 nitrogen and oxygen atoms in total. The van der Waals surface area contributed by atoms with E-state index in [1.807, 2.05) is 0 Å². The second kappa shape index (κ2) is 7.73. The first-order valence-corrected chi connectivity index (χ1v) is 12.9. The van der Waals surface area contributed by atoms with E-state index >= 15 is 0 Å². The van der Waals surface area contributed by atoms with Crippen molar-refractivity contribution in [3.63, 3.8) is 0 Å². The number of aliphatic hydroxyl groups is 1. The number of allylic oxidation sites excluding steroid dienone is 1. The summed E-state index contributed by atoms with van der Waals surface area (Å²) in [5.74, 6) is 4.61. The molecule has 0 bridgehead atoms. The Balaban J connectivity index is 1.31. The van der Waals surface area contributed by atoms with Crippen LogP contribution in [0.3, 0.4) is 0 Å². The van der Waals surface area contributed by atoms with Gasteiger partial charge in [0.1, 0.15) is 5.78 Å². The van der Waals surface area contributed by atoms with Gasteiger partial charge in [-0.15, -0.1) is 0 Å². The summed E-state index contributed by atoms with van der Waals surface area (Å²) in [6.07, 6.45) is 14.0. The smallest absolute Gasteiger partial charge is 0.135 e. The highest BCUT2D eigenvalue weighted by Crippen LogP contribution is 2.67. The quantitative estimate of drug-likeness (QED) is 0.644. The predicted octanol–water partition coefficient (Wildman–Crippen LogP) is 5.23. The van der Waals surface area contributed by atoms with Gasteiger partial charge in [-0.25, -0.2) is 0 Å². The third-order valence-electron chi connectivity index (χ3n) is 10.8. The van der Waals surface area contributed by atoms with Gasteiger partial charge in [0.2, 0.25) is 0 Å². The zero-order chi connectivity index (χ0) is 21.1. The highest BCUT2D eigenvalue weighted by atomic mass is 16.3. The molecule has 5 rings (SSSR count). The minimum absolute atomic E-state index is 0.100. The van der Waals surface area contributed by atoms with E-state index in [1.165, 1.54) is 45.1 Å². The fourth-order valence-electron chi connectivity index (χ4n) is 9.14.